The van der Waals surface area contributed by atoms with Crippen LogP contribution < -0.4 is 10.6 Å². The van der Waals surface area contributed by atoms with E-state index < -0.39 is 0 Å². The summed E-state index contributed by atoms with van der Waals surface area (Å²) in [6.45, 7) is 2.28. The normalized spacial score (nSPS) is 46.2. The van der Waals surface area contributed by atoms with E-state index in [1.54, 1.807) is 0 Å². The molecule has 0 aromatic rings. The van der Waals surface area contributed by atoms with Gasteiger partial charge in [-0.1, -0.05) is 6.92 Å². The molecular formula is C13H22N2O. The summed E-state index contributed by atoms with van der Waals surface area (Å²) >= 11 is 0. The minimum atomic E-state index is 0.259. The molecule has 3 aliphatic rings. The maximum absolute atomic E-state index is 12.1. The first-order chi connectivity index (χ1) is 7.72. The third-order valence-electron chi connectivity index (χ3n) is 4.68. The van der Waals surface area contributed by atoms with Crippen LogP contribution in [-0.4, -0.2) is 24.0 Å². The van der Waals surface area contributed by atoms with Crippen LogP contribution in [0.1, 0.15) is 45.4 Å². The van der Waals surface area contributed by atoms with Crippen molar-refractivity contribution in [2.24, 2.45) is 11.8 Å². The van der Waals surface area contributed by atoms with Crippen LogP contribution in [0, 0.1) is 11.8 Å². The Bertz CT molecular complexity index is 292. The Kier molecular flexibility index (Phi) is 2.66. The highest BCUT2D eigenvalue weighted by molar-refractivity contribution is 5.80. The minimum Gasteiger partial charge on any atom is -0.353 e. The number of hydrogen-bond donors (Lipinski definition) is 2. The van der Waals surface area contributed by atoms with Gasteiger partial charge in [0.2, 0.25) is 5.91 Å². The van der Waals surface area contributed by atoms with E-state index in [2.05, 4.69) is 17.6 Å². The van der Waals surface area contributed by atoms with E-state index >= 15 is 0 Å². The quantitative estimate of drug-likeness (QED) is 0.742. The van der Waals surface area contributed by atoms with Crippen molar-refractivity contribution in [3.8, 4) is 0 Å². The SMILES string of the molecule is CC1CCC(NC(=O)C2CC3CCC2N3)C1. The molecule has 2 heterocycles. The highest BCUT2D eigenvalue weighted by Gasteiger charge is 2.43. The number of fused-ring (bicyclic) bond motifs is 2. The summed E-state index contributed by atoms with van der Waals surface area (Å²) in [5.41, 5.74) is 0. The first-order valence-electron chi connectivity index (χ1n) is 6.79. The maximum Gasteiger partial charge on any atom is 0.224 e. The van der Waals surface area contributed by atoms with Gasteiger partial charge in [-0.25, -0.2) is 0 Å². The lowest BCUT2D eigenvalue weighted by Crippen LogP contribution is -2.41. The average molecular weight is 222 g/mol. The van der Waals surface area contributed by atoms with Crippen LogP contribution in [0.15, 0.2) is 0 Å². The van der Waals surface area contributed by atoms with Crippen molar-refractivity contribution in [1.82, 2.24) is 10.6 Å². The van der Waals surface area contributed by atoms with E-state index in [1.165, 1.54) is 32.1 Å². The third-order valence-corrected chi connectivity index (χ3v) is 4.68. The molecular weight excluding hydrogens is 200 g/mol. The number of carbonyl (C=O) groups is 1. The molecule has 2 N–H and O–H groups in total. The van der Waals surface area contributed by atoms with Crippen molar-refractivity contribution in [3.63, 3.8) is 0 Å². The van der Waals surface area contributed by atoms with Gasteiger partial charge in [-0.05, 0) is 44.4 Å². The molecule has 0 radical (unpaired) electrons. The Morgan fingerprint density at radius 3 is 2.62 bits per heavy atom. The predicted molar refractivity (Wildman–Crippen MR) is 63.0 cm³/mol. The van der Waals surface area contributed by atoms with Crippen molar-refractivity contribution >= 4 is 5.91 Å². The minimum absolute atomic E-state index is 0.259. The zero-order chi connectivity index (χ0) is 11.1. The molecule has 5 atom stereocenters. The molecule has 1 aliphatic carbocycles. The summed E-state index contributed by atoms with van der Waals surface area (Å²) in [6.07, 6.45) is 7.18. The topological polar surface area (TPSA) is 41.1 Å². The van der Waals surface area contributed by atoms with Gasteiger partial charge in [-0.15, -0.1) is 0 Å². The summed E-state index contributed by atoms with van der Waals surface area (Å²) in [5, 5.41) is 6.79. The number of rotatable bonds is 2. The number of carbonyl (C=O) groups excluding carboxylic acids is 1. The second-order valence-corrected chi connectivity index (χ2v) is 6.01. The van der Waals surface area contributed by atoms with Gasteiger partial charge in [0.1, 0.15) is 0 Å². The Balaban J connectivity index is 1.54. The lowest BCUT2D eigenvalue weighted by atomic mass is 9.88. The Morgan fingerprint density at radius 2 is 2.06 bits per heavy atom. The van der Waals surface area contributed by atoms with E-state index in [0.717, 1.165) is 12.3 Å². The lowest BCUT2D eigenvalue weighted by molar-refractivity contribution is -0.126. The molecule has 3 nitrogen and oxygen atoms in total. The monoisotopic (exact) mass is 222 g/mol. The second-order valence-electron chi connectivity index (χ2n) is 6.01. The molecule has 2 aliphatic heterocycles. The van der Waals surface area contributed by atoms with E-state index in [1.807, 2.05) is 0 Å². The van der Waals surface area contributed by atoms with Gasteiger partial charge in [-0.2, -0.15) is 0 Å². The average Bonchev–Trinajstić information content (AvgIpc) is 2.93. The Labute approximate surface area is 97.4 Å². The van der Waals surface area contributed by atoms with Crippen LogP contribution in [-0.2, 0) is 4.79 Å². The standard InChI is InChI=1S/C13H22N2O/c1-8-2-3-9(6-8)15-13(16)11-7-10-4-5-12(11)14-10/h8-12,14H,2-7H2,1H3,(H,15,16). The molecule has 0 aromatic heterocycles. The molecule has 2 bridgehead atoms. The molecule has 1 saturated carbocycles. The second kappa shape index (κ2) is 4.02. The van der Waals surface area contributed by atoms with Gasteiger partial charge in [0.05, 0.1) is 5.92 Å². The maximum atomic E-state index is 12.1. The fraction of sp³-hybridized carbons (Fsp3) is 0.923. The van der Waals surface area contributed by atoms with Gasteiger partial charge in [0, 0.05) is 18.1 Å². The molecule has 3 fully saturated rings. The van der Waals surface area contributed by atoms with Crippen LogP contribution in [0.3, 0.4) is 0 Å². The number of amides is 1. The molecule has 3 rings (SSSR count). The first kappa shape index (κ1) is 10.6. The summed E-state index contributed by atoms with van der Waals surface area (Å²) in [4.78, 5) is 12.1. The Hall–Kier alpha value is -0.570. The van der Waals surface area contributed by atoms with E-state index in [-0.39, 0.29) is 5.92 Å². The van der Waals surface area contributed by atoms with Gasteiger partial charge in [-0.3, -0.25) is 4.79 Å². The van der Waals surface area contributed by atoms with Gasteiger partial charge < -0.3 is 10.6 Å². The van der Waals surface area contributed by atoms with Crippen molar-refractivity contribution in [2.45, 2.75) is 63.6 Å². The molecule has 90 valence electrons. The first-order valence-corrected chi connectivity index (χ1v) is 6.79. The molecule has 1 amide bonds. The van der Waals surface area contributed by atoms with Crippen LogP contribution in [0.2, 0.25) is 0 Å². The van der Waals surface area contributed by atoms with E-state index in [9.17, 15) is 4.79 Å². The third kappa shape index (κ3) is 1.86. The van der Waals surface area contributed by atoms with Crippen molar-refractivity contribution < 1.29 is 4.79 Å². The van der Waals surface area contributed by atoms with Gasteiger partial charge >= 0.3 is 0 Å². The molecule has 3 heteroatoms. The molecule has 16 heavy (non-hydrogen) atoms. The van der Waals surface area contributed by atoms with Gasteiger partial charge in [0.25, 0.3) is 0 Å². The van der Waals surface area contributed by atoms with Crippen molar-refractivity contribution in [1.29, 1.82) is 0 Å². The number of hydrogen-bond acceptors (Lipinski definition) is 2. The largest absolute Gasteiger partial charge is 0.353 e. The molecule has 2 saturated heterocycles. The van der Waals surface area contributed by atoms with E-state index in [4.69, 9.17) is 0 Å². The summed E-state index contributed by atoms with van der Waals surface area (Å²) in [7, 11) is 0. The highest BCUT2D eigenvalue weighted by atomic mass is 16.2. The van der Waals surface area contributed by atoms with Crippen LogP contribution in [0.4, 0.5) is 0 Å². The van der Waals surface area contributed by atoms with Crippen LogP contribution in [0.25, 0.3) is 0 Å². The molecule has 5 unspecified atom stereocenters. The van der Waals surface area contributed by atoms with E-state index in [0.29, 0.717) is 24.0 Å². The summed E-state index contributed by atoms with van der Waals surface area (Å²) in [5.74, 6) is 1.37. The summed E-state index contributed by atoms with van der Waals surface area (Å²) in [6, 6.07) is 1.56. The molecule has 0 aromatic carbocycles. The molecule has 0 spiro atoms. The zero-order valence-corrected chi connectivity index (χ0v) is 10.0. The summed E-state index contributed by atoms with van der Waals surface area (Å²) < 4.78 is 0. The van der Waals surface area contributed by atoms with Crippen LogP contribution >= 0.6 is 0 Å². The fourth-order valence-corrected chi connectivity index (χ4v) is 3.76. The highest BCUT2D eigenvalue weighted by Crippen LogP contribution is 2.34. The predicted octanol–water partition coefficient (Wildman–Crippen LogP) is 1.43. The van der Waals surface area contributed by atoms with Gasteiger partial charge in [0.15, 0.2) is 0 Å². The van der Waals surface area contributed by atoms with Crippen molar-refractivity contribution in [2.75, 3.05) is 0 Å². The fourth-order valence-electron chi connectivity index (χ4n) is 3.76. The lowest BCUT2D eigenvalue weighted by Gasteiger charge is -2.22. The number of nitrogens with one attached hydrogen (secondary N) is 2. The zero-order valence-electron chi connectivity index (χ0n) is 10.0. The Morgan fingerprint density at radius 1 is 1.19 bits per heavy atom. The smallest absolute Gasteiger partial charge is 0.224 e. The van der Waals surface area contributed by atoms with Crippen molar-refractivity contribution in [3.05, 3.63) is 0 Å². The van der Waals surface area contributed by atoms with Crippen LogP contribution in [0.5, 0.6) is 0 Å².